The normalized spacial score (nSPS) is 18.2. The number of rotatable bonds is 11. The first kappa shape index (κ1) is 35.2. The average Bonchev–Trinajstić information content (AvgIpc) is 3.39. The van der Waals surface area contributed by atoms with Crippen molar-refractivity contribution in [2.75, 3.05) is 32.5 Å². The number of anilines is 1. The quantitative estimate of drug-likeness (QED) is 0.271. The molecule has 43 heavy (non-hydrogen) atoms. The number of hydrogen-bond acceptors (Lipinski definition) is 7. The molecular formula is C28H39F3N6O6. The van der Waals surface area contributed by atoms with Crippen molar-refractivity contribution in [3.63, 3.8) is 0 Å². The summed E-state index contributed by atoms with van der Waals surface area (Å²) in [4.78, 5) is 79.5. The third kappa shape index (κ3) is 8.09. The van der Waals surface area contributed by atoms with Crippen LogP contribution in [-0.2, 0) is 24.0 Å². The number of alkyl halides is 3. The lowest BCUT2D eigenvalue weighted by molar-refractivity contribution is -0.175. The highest BCUT2D eigenvalue weighted by atomic mass is 19.4. The Bertz CT molecular complexity index is 1230. The highest BCUT2D eigenvalue weighted by Crippen LogP contribution is 2.33. The molecule has 1 saturated heterocycles. The van der Waals surface area contributed by atoms with Gasteiger partial charge in [0.1, 0.15) is 0 Å². The third-order valence-electron chi connectivity index (χ3n) is 7.22. The molecule has 12 nitrogen and oxygen atoms in total. The van der Waals surface area contributed by atoms with Crippen molar-refractivity contribution < 1.29 is 41.9 Å². The van der Waals surface area contributed by atoms with E-state index < -0.39 is 59.1 Å². The summed E-state index contributed by atoms with van der Waals surface area (Å²) in [5, 5.41) is 7.07. The number of amides is 5. The van der Waals surface area contributed by atoms with Gasteiger partial charge < -0.3 is 31.5 Å². The molecule has 0 aliphatic carbocycles. The number of nitrogens with zero attached hydrogens (tertiary/aromatic N) is 2. The molecule has 1 unspecified atom stereocenters. The molecule has 1 fully saturated rings. The number of hydrogen-bond donors (Lipinski definition) is 4. The minimum absolute atomic E-state index is 0.0789. The van der Waals surface area contributed by atoms with E-state index >= 15 is 0 Å². The molecule has 0 bridgehead atoms. The summed E-state index contributed by atoms with van der Waals surface area (Å²) in [5.41, 5.74) is 4.00. The van der Waals surface area contributed by atoms with Gasteiger partial charge in [0.2, 0.25) is 17.4 Å². The van der Waals surface area contributed by atoms with Crippen LogP contribution in [0.5, 0.6) is 0 Å². The van der Waals surface area contributed by atoms with E-state index in [1.165, 1.54) is 57.1 Å². The number of halogens is 3. The molecule has 0 saturated carbocycles. The van der Waals surface area contributed by atoms with Crippen molar-refractivity contribution >= 4 is 41.0 Å². The van der Waals surface area contributed by atoms with Crippen LogP contribution in [0.15, 0.2) is 24.3 Å². The molecule has 238 valence electrons. The highest BCUT2D eigenvalue weighted by molar-refractivity contribution is 6.18. The summed E-state index contributed by atoms with van der Waals surface area (Å²) in [6, 6.07) is 2.26. The molecule has 1 aliphatic rings. The van der Waals surface area contributed by atoms with Crippen LogP contribution >= 0.6 is 0 Å². The van der Waals surface area contributed by atoms with Gasteiger partial charge in [-0.1, -0.05) is 27.7 Å². The van der Waals surface area contributed by atoms with Crippen LogP contribution in [0.3, 0.4) is 0 Å². The van der Waals surface area contributed by atoms with E-state index in [0.29, 0.717) is 0 Å². The van der Waals surface area contributed by atoms with Gasteiger partial charge in [0, 0.05) is 31.9 Å². The van der Waals surface area contributed by atoms with Crippen molar-refractivity contribution in [2.45, 2.75) is 64.3 Å². The molecule has 3 atom stereocenters. The molecule has 5 amide bonds. The van der Waals surface area contributed by atoms with E-state index in [4.69, 9.17) is 5.73 Å². The van der Waals surface area contributed by atoms with Gasteiger partial charge in [-0.15, -0.1) is 0 Å². The van der Waals surface area contributed by atoms with Crippen molar-refractivity contribution in [1.82, 2.24) is 20.4 Å². The Balaban J connectivity index is 2.42. The molecule has 1 aromatic carbocycles. The van der Waals surface area contributed by atoms with Gasteiger partial charge in [0.25, 0.3) is 23.5 Å². The lowest BCUT2D eigenvalue weighted by atomic mass is 9.89. The summed E-state index contributed by atoms with van der Waals surface area (Å²) >= 11 is 0. The van der Waals surface area contributed by atoms with Crippen LogP contribution in [0.25, 0.3) is 0 Å². The van der Waals surface area contributed by atoms with Crippen LogP contribution in [0.2, 0.25) is 0 Å². The largest absolute Gasteiger partial charge is 0.452 e. The first-order valence-corrected chi connectivity index (χ1v) is 13.7. The van der Waals surface area contributed by atoms with Crippen LogP contribution in [-0.4, -0.2) is 96.1 Å². The van der Waals surface area contributed by atoms with Gasteiger partial charge in [-0.2, -0.15) is 13.2 Å². The fourth-order valence-corrected chi connectivity index (χ4v) is 4.48. The number of benzene rings is 1. The number of carbonyl (C=O) groups is 6. The molecule has 1 aromatic rings. The highest BCUT2D eigenvalue weighted by Gasteiger charge is 2.58. The number of Topliss-reactive ketones (excluding diaryl/α,β-unsaturated/α-hetero) is 1. The van der Waals surface area contributed by atoms with Crippen molar-refractivity contribution in [3.8, 4) is 0 Å². The van der Waals surface area contributed by atoms with E-state index in [9.17, 15) is 41.9 Å². The maximum atomic E-state index is 13.8. The van der Waals surface area contributed by atoms with E-state index in [-0.39, 0.29) is 49.0 Å². The number of carbonyl (C=O) groups excluding carboxylic acids is 6. The standard InChI is InChI=1S/C28H39F3N6O6/c1-15(2)20(32)24(41)37-13-7-12-27(37,26(43)35-21(16(3)4)22(39)28(29,30)31)25(42)34-18-10-8-17(9-11-18)23(40)33-14-19(38)36(5)6/h8-11,15-16,20-21H,7,12-14,32H2,1-6H3,(H,33,40)(H,34,42)(H,35,43)/t20-,21?,27+/m0/s1. The third-order valence-corrected chi connectivity index (χ3v) is 7.22. The number of likely N-dealkylation sites (tertiary alicyclic amines) is 1. The van der Waals surface area contributed by atoms with E-state index in [2.05, 4.69) is 16.0 Å². The molecule has 0 spiro atoms. The summed E-state index contributed by atoms with van der Waals surface area (Å²) in [5.74, 6) is -7.49. The lowest BCUT2D eigenvalue weighted by Crippen LogP contribution is -2.68. The Morgan fingerprint density at radius 3 is 2.05 bits per heavy atom. The van der Waals surface area contributed by atoms with E-state index in [0.717, 1.165) is 4.90 Å². The fourth-order valence-electron chi connectivity index (χ4n) is 4.48. The number of nitrogens with one attached hydrogen (secondary N) is 3. The van der Waals surface area contributed by atoms with Crippen LogP contribution < -0.4 is 21.7 Å². The number of ketones is 1. The first-order chi connectivity index (χ1) is 19.8. The van der Waals surface area contributed by atoms with E-state index in [1.807, 2.05) is 0 Å². The second kappa shape index (κ2) is 14.0. The number of likely N-dealkylation sites (N-methyl/N-ethyl adjacent to an activating group) is 1. The maximum Gasteiger partial charge on any atom is 0.452 e. The van der Waals surface area contributed by atoms with Gasteiger partial charge in [0.05, 0.1) is 18.6 Å². The zero-order chi connectivity index (χ0) is 32.9. The van der Waals surface area contributed by atoms with Gasteiger partial charge in [0.15, 0.2) is 0 Å². The van der Waals surface area contributed by atoms with Gasteiger partial charge in [-0.3, -0.25) is 28.8 Å². The predicted octanol–water partition coefficient (Wildman–Crippen LogP) is 1.06. The fraction of sp³-hybridized carbons (Fsp3) is 0.571. The summed E-state index contributed by atoms with van der Waals surface area (Å²) < 4.78 is 40.0. The smallest absolute Gasteiger partial charge is 0.347 e. The number of nitrogens with two attached hydrogens (primary N) is 1. The summed E-state index contributed by atoms with van der Waals surface area (Å²) in [7, 11) is 3.07. The van der Waals surface area contributed by atoms with Crippen molar-refractivity contribution in [1.29, 1.82) is 0 Å². The molecule has 1 aliphatic heterocycles. The molecular weight excluding hydrogens is 573 g/mol. The van der Waals surface area contributed by atoms with Crippen LogP contribution in [0.1, 0.15) is 50.9 Å². The minimum atomic E-state index is -5.25. The maximum absolute atomic E-state index is 13.8. The lowest BCUT2D eigenvalue weighted by Gasteiger charge is -2.38. The Kier molecular flexibility index (Phi) is 11.4. The first-order valence-electron chi connectivity index (χ1n) is 13.7. The molecule has 1 heterocycles. The summed E-state index contributed by atoms with van der Waals surface area (Å²) in [6.07, 6.45) is -5.34. The predicted molar refractivity (Wildman–Crippen MR) is 150 cm³/mol. The molecule has 0 aromatic heterocycles. The minimum Gasteiger partial charge on any atom is -0.347 e. The Hall–Kier alpha value is -4.01. The van der Waals surface area contributed by atoms with Crippen molar-refractivity contribution in [2.24, 2.45) is 17.6 Å². The Labute approximate surface area is 247 Å². The SMILES string of the molecule is CC(C)C(NC(=O)[C@]1(C(=O)Nc2ccc(C(=O)NCC(=O)N(C)C)cc2)CCCN1C(=O)[C@@H](N)C(C)C)C(=O)C(F)(F)F. The van der Waals surface area contributed by atoms with Gasteiger partial charge in [-0.05, 0) is 48.9 Å². The zero-order valence-electron chi connectivity index (χ0n) is 25.0. The monoisotopic (exact) mass is 612 g/mol. The van der Waals surface area contributed by atoms with Gasteiger partial charge in [-0.25, -0.2) is 0 Å². The van der Waals surface area contributed by atoms with Gasteiger partial charge >= 0.3 is 6.18 Å². The molecule has 0 radical (unpaired) electrons. The molecule has 5 N–H and O–H groups in total. The zero-order valence-corrected chi connectivity index (χ0v) is 25.0. The van der Waals surface area contributed by atoms with E-state index in [1.54, 1.807) is 13.8 Å². The second-order valence-corrected chi connectivity index (χ2v) is 11.3. The average molecular weight is 613 g/mol. The van der Waals surface area contributed by atoms with Crippen LogP contribution in [0, 0.1) is 11.8 Å². The second-order valence-electron chi connectivity index (χ2n) is 11.3. The molecule has 2 rings (SSSR count). The van der Waals surface area contributed by atoms with Crippen molar-refractivity contribution in [3.05, 3.63) is 29.8 Å². The Morgan fingerprint density at radius 2 is 1.56 bits per heavy atom. The topological polar surface area (TPSA) is 171 Å². The Morgan fingerprint density at radius 1 is 0.977 bits per heavy atom. The van der Waals surface area contributed by atoms with Crippen LogP contribution in [0.4, 0.5) is 18.9 Å². The summed E-state index contributed by atoms with van der Waals surface area (Å²) in [6.45, 7) is 5.61. The molecule has 15 heteroatoms.